The summed E-state index contributed by atoms with van der Waals surface area (Å²) in [6.45, 7) is 4.63. The van der Waals surface area contributed by atoms with Crippen LogP contribution in [-0.2, 0) is 0 Å². The molecule has 6 aromatic rings. The summed E-state index contributed by atoms with van der Waals surface area (Å²) in [7, 11) is 0. The van der Waals surface area contributed by atoms with Crippen molar-refractivity contribution in [2.45, 2.75) is 0 Å². The van der Waals surface area contributed by atoms with Crippen molar-refractivity contribution in [3.05, 3.63) is 131 Å². The quantitative estimate of drug-likeness (QED) is 0.170. The standard InChI is InChI=1S/C21H20ClN5O2.C19H18ClN5O3/c22-16-6-8-17(9-7-16)29-18-14-24-21(23)25-19(18)26-10-12-27(13-11-26)20(28)15-4-2-1-3-5-15;20-13-3-5-14(6-4-13)28-16-12-22-19(21)23-17(16)24-7-9-25(10-8-24)18(26)15-2-1-11-27-15/h1-9,14H,10-13H2,(H2,23,24,25);1-6,11-12H,7-10H2,(H2,21,22,23). The number of piperazine rings is 2. The zero-order valence-corrected chi connectivity index (χ0v) is 32.1. The number of nitrogen functional groups attached to an aromatic ring is 2. The molecule has 4 N–H and O–H groups in total. The Kier molecular flexibility index (Phi) is 12.2. The fraction of sp³-hybridized carbons (Fsp3) is 0.200. The Balaban J connectivity index is 0.000000174. The lowest BCUT2D eigenvalue weighted by Crippen LogP contribution is -2.49. The van der Waals surface area contributed by atoms with E-state index in [1.807, 2.05) is 40.1 Å². The number of hydrogen-bond donors (Lipinski definition) is 2. The summed E-state index contributed by atoms with van der Waals surface area (Å²) in [6.07, 6.45) is 4.61. The lowest BCUT2D eigenvalue weighted by Gasteiger charge is -2.36. The van der Waals surface area contributed by atoms with Crippen LogP contribution in [0.4, 0.5) is 23.5 Å². The number of rotatable bonds is 8. The van der Waals surface area contributed by atoms with E-state index in [-0.39, 0.29) is 23.7 Å². The van der Waals surface area contributed by atoms with Crippen molar-refractivity contribution >= 4 is 58.5 Å². The highest BCUT2D eigenvalue weighted by Crippen LogP contribution is 2.33. The molecule has 2 amide bonds. The Bertz CT molecular complexity index is 2270. The van der Waals surface area contributed by atoms with Crippen molar-refractivity contribution in [1.82, 2.24) is 29.7 Å². The van der Waals surface area contributed by atoms with E-state index in [9.17, 15) is 9.59 Å². The molecule has 5 heterocycles. The van der Waals surface area contributed by atoms with Crippen LogP contribution in [0, 0.1) is 0 Å². The van der Waals surface area contributed by atoms with Gasteiger partial charge in [0.05, 0.1) is 18.7 Å². The Labute approximate surface area is 338 Å². The second kappa shape index (κ2) is 17.9. The molecule has 0 aliphatic carbocycles. The SMILES string of the molecule is Nc1ncc(Oc2ccc(Cl)cc2)c(N2CCN(C(=O)c3ccccc3)CC2)n1.Nc1ncc(Oc2ccc(Cl)cc2)c(N2CCN(C(=O)c3ccco3)CC2)n1. The highest BCUT2D eigenvalue weighted by atomic mass is 35.5. The van der Waals surface area contributed by atoms with Crippen LogP contribution in [0.5, 0.6) is 23.0 Å². The summed E-state index contributed by atoms with van der Waals surface area (Å²) in [5.41, 5.74) is 12.3. The minimum atomic E-state index is -0.121. The average Bonchev–Trinajstić information content (AvgIpc) is 3.79. The molecule has 0 radical (unpaired) electrons. The topological polar surface area (TPSA) is 182 Å². The van der Waals surface area contributed by atoms with Crippen LogP contribution < -0.4 is 30.7 Å². The predicted octanol–water partition coefficient (Wildman–Crippen LogP) is 6.53. The van der Waals surface area contributed by atoms with Crippen molar-refractivity contribution in [2.75, 3.05) is 73.6 Å². The molecule has 15 nitrogen and oxygen atoms in total. The number of carbonyl (C=O) groups excluding carboxylic acids is 2. The van der Waals surface area contributed by atoms with Crippen LogP contribution in [0.3, 0.4) is 0 Å². The zero-order valence-electron chi connectivity index (χ0n) is 30.6. The van der Waals surface area contributed by atoms with Crippen LogP contribution in [0.2, 0.25) is 10.0 Å². The fourth-order valence-corrected chi connectivity index (χ4v) is 6.42. The minimum Gasteiger partial charge on any atom is -0.459 e. The van der Waals surface area contributed by atoms with Gasteiger partial charge in [0.25, 0.3) is 11.8 Å². The van der Waals surface area contributed by atoms with Gasteiger partial charge in [0.1, 0.15) is 11.5 Å². The maximum absolute atomic E-state index is 12.7. The molecule has 0 saturated carbocycles. The number of benzene rings is 3. The Hall–Kier alpha value is -6.58. The lowest BCUT2D eigenvalue weighted by molar-refractivity contribution is 0.0713. The molecule has 2 saturated heterocycles. The maximum Gasteiger partial charge on any atom is 0.289 e. The molecule has 3 aromatic carbocycles. The molecule has 292 valence electrons. The van der Waals surface area contributed by atoms with Crippen molar-refractivity contribution in [1.29, 1.82) is 0 Å². The molecule has 17 heteroatoms. The summed E-state index contributed by atoms with van der Waals surface area (Å²) >= 11 is 11.9. The number of ether oxygens (including phenoxy) is 2. The molecular weight excluding hydrogens is 771 g/mol. The predicted molar refractivity (Wildman–Crippen MR) is 217 cm³/mol. The second-order valence-corrected chi connectivity index (χ2v) is 13.7. The van der Waals surface area contributed by atoms with Crippen LogP contribution in [0.15, 0.2) is 114 Å². The van der Waals surface area contributed by atoms with E-state index < -0.39 is 0 Å². The van der Waals surface area contributed by atoms with Crippen LogP contribution in [0.1, 0.15) is 20.9 Å². The molecule has 2 aliphatic rings. The van der Waals surface area contributed by atoms with Crippen molar-refractivity contribution in [2.24, 2.45) is 0 Å². The molecule has 2 fully saturated rings. The number of hydrogen-bond acceptors (Lipinski definition) is 13. The van der Waals surface area contributed by atoms with Crippen LogP contribution >= 0.6 is 23.2 Å². The Morgan fingerprint density at radius 2 is 1.04 bits per heavy atom. The summed E-state index contributed by atoms with van der Waals surface area (Å²) in [5.74, 6) is 4.02. The smallest absolute Gasteiger partial charge is 0.289 e. The molecular formula is C40H38Cl2N10O5. The first-order valence-corrected chi connectivity index (χ1v) is 18.7. The number of carbonyl (C=O) groups is 2. The zero-order chi connectivity index (χ0) is 39.7. The van der Waals surface area contributed by atoms with Gasteiger partial charge in [-0.3, -0.25) is 9.59 Å². The normalized spacial score (nSPS) is 14.1. The van der Waals surface area contributed by atoms with E-state index >= 15 is 0 Å². The highest BCUT2D eigenvalue weighted by molar-refractivity contribution is 6.30. The molecule has 0 bridgehead atoms. The molecule has 0 spiro atoms. The summed E-state index contributed by atoms with van der Waals surface area (Å²) in [4.78, 5) is 49.6. The number of furan rings is 1. The van der Waals surface area contributed by atoms with Gasteiger partial charge in [-0.05, 0) is 72.8 Å². The van der Waals surface area contributed by atoms with Gasteiger partial charge >= 0.3 is 0 Å². The monoisotopic (exact) mass is 808 g/mol. The highest BCUT2D eigenvalue weighted by Gasteiger charge is 2.27. The molecule has 8 rings (SSSR count). The summed E-state index contributed by atoms with van der Waals surface area (Å²) < 4.78 is 17.1. The maximum atomic E-state index is 12.7. The second-order valence-electron chi connectivity index (χ2n) is 12.8. The van der Waals surface area contributed by atoms with Gasteiger partial charge in [0.2, 0.25) is 11.9 Å². The Morgan fingerprint density at radius 3 is 1.47 bits per heavy atom. The molecule has 2 aliphatic heterocycles. The number of halogens is 2. The summed E-state index contributed by atoms with van der Waals surface area (Å²) in [5, 5.41) is 1.25. The molecule has 3 aromatic heterocycles. The number of anilines is 4. The first-order chi connectivity index (χ1) is 27.7. The fourth-order valence-electron chi connectivity index (χ4n) is 6.17. The van der Waals surface area contributed by atoms with Gasteiger partial charge < -0.3 is 45.0 Å². The molecule has 0 atom stereocenters. The third-order valence-corrected chi connectivity index (χ3v) is 9.58. The van der Waals surface area contributed by atoms with E-state index in [0.717, 1.165) is 0 Å². The number of nitrogens with two attached hydrogens (primary N) is 2. The van der Waals surface area contributed by atoms with Crippen LogP contribution in [-0.4, -0.2) is 93.9 Å². The largest absolute Gasteiger partial charge is 0.459 e. The lowest BCUT2D eigenvalue weighted by atomic mass is 10.2. The third kappa shape index (κ3) is 9.81. The Morgan fingerprint density at radius 1 is 0.579 bits per heavy atom. The van der Waals surface area contributed by atoms with E-state index in [2.05, 4.69) is 24.8 Å². The van der Waals surface area contributed by atoms with Gasteiger partial charge in [-0.25, -0.2) is 9.97 Å². The number of amides is 2. The van der Waals surface area contributed by atoms with Gasteiger partial charge in [0.15, 0.2) is 28.9 Å². The van der Waals surface area contributed by atoms with Gasteiger partial charge in [0, 0.05) is 68.0 Å². The van der Waals surface area contributed by atoms with Crippen molar-refractivity contribution in [3.8, 4) is 23.0 Å². The first-order valence-electron chi connectivity index (χ1n) is 18.0. The molecule has 0 unspecified atom stereocenters. The number of nitrogens with zero attached hydrogens (tertiary/aromatic N) is 8. The minimum absolute atomic E-state index is 0.0325. The van der Waals surface area contributed by atoms with E-state index in [4.69, 9.17) is 48.6 Å². The van der Waals surface area contributed by atoms with E-state index in [1.165, 1.54) is 6.26 Å². The van der Waals surface area contributed by atoms with E-state index in [0.29, 0.717) is 108 Å². The first kappa shape index (κ1) is 38.7. The average molecular weight is 810 g/mol. The van der Waals surface area contributed by atoms with Crippen molar-refractivity contribution < 1.29 is 23.5 Å². The molecule has 57 heavy (non-hydrogen) atoms. The third-order valence-electron chi connectivity index (χ3n) is 9.08. The summed E-state index contributed by atoms with van der Waals surface area (Å²) in [6, 6.07) is 26.7. The van der Waals surface area contributed by atoms with Gasteiger partial charge in [-0.1, -0.05) is 41.4 Å². The van der Waals surface area contributed by atoms with Gasteiger partial charge in [-0.2, -0.15) is 9.97 Å². The van der Waals surface area contributed by atoms with Crippen LogP contribution in [0.25, 0.3) is 0 Å². The number of aromatic nitrogens is 4. The van der Waals surface area contributed by atoms with E-state index in [1.54, 1.807) is 78.0 Å². The van der Waals surface area contributed by atoms with Crippen molar-refractivity contribution in [3.63, 3.8) is 0 Å². The van der Waals surface area contributed by atoms with Gasteiger partial charge in [-0.15, -0.1) is 0 Å².